The van der Waals surface area contributed by atoms with Crippen LogP contribution in [-0.2, 0) is 9.53 Å². The molecular formula is C12H24N2O2. The average molecular weight is 228 g/mol. The Morgan fingerprint density at radius 1 is 1.56 bits per heavy atom. The molecule has 16 heavy (non-hydrogen) atoms. The third-order valence-corrected chi connectivity index (χ3v) is 3.36. The molecule has 0 radical (unpaired) electrons. The normalized spacial score (nSPS) is 29.3. The van der Waals surface area contributed by atoms with Crippen molar-refractivity contribution in [3.8, 4) is 0 Å². The molecule has 0 heterocycles. The molecule has 0 aliphatic heterocycles. The molecule has 1 aliphatic carbocycles. The van der Waals surface area contributed by atoms with Gasteiger partial charge in [-0.25, -0.2) is 0 Å². The Balaban J connectivity index is 2.31. The topological polar surface area (TPSA) is 78.3 Å². The minimum atomic E-state index is -0.233. The van der Waals surface area contributed by atoms with E-state index >= 15 is 0 Å². The molecule has 4 heteroatoms. The lowest BCUT2D eigenvalue weighted by atomic mass is 9.93. The van der Waals surface area contributed by atoms with Gasteiger partial charge in [0.2, 0.25) is 0 Å². The molecule has 0 amide bonds. The fourth-order valence-electron chi connectivity index (χ4n) is 2.31. The molecular weight excluding hydrogens is 204 g/mol. The number of esters is 1. The highest BCUT2D eigenvalue weighted by molar-refractivity contribution is 5.73. The molecule has 1 aliphatic rings. The minimum absolute atomic E-state index is 0.00611. The van der Waals surface area contributed by atoms with Crippen molar-refractivity contribution in [2.24, 2.45) is 17.4 Å². The lowest BCUT2D eigenvalue weighted by molar-refractivity contribution is -0.148. The Labute approximate surface area is 97.7 Å². The van der Waals surface area contributed by atoms with Crippen LogP contribution in [0.25, 0.3) is 0 Å². The van der Waals surface area contributed by atoms with Gasteiger partial charge in [0, 0.05) is 5.54 Å². The third-order valence-electron chi connectivity index (χ3n) is 3.36. The van der Waals surface area contributed by atoms with Crippen molar-refractivity contribution in [1.82, 2.24) is 0 Å². The summed E-state index contributed by atoms with van der Waals surface area (Å²) in [4.78, 5) is 11.7. The van der Waals surface area contributed by atoms with E-state index < -0.39 is 0 Å². The van der Waals surface area contributed by atoms with E-state index in [0.717, 1.165) is 38.5 Å². The molecule has 1 saturated carbocycles. The highest BCUT2D eigenvalue weighted by Crippen LogP contribution is 2.35. The number of unbranched alkanes of at least 4 members (excludes halogenated alkanes) is 1. The van der Waals surface area contributed by atoms with Gasteiger partial charge in [0.05, 0.1) is 12.5 Å². The largest absolute Gasteiger partial charge is 0.465 e. The summed E-state index contributed by atoms with van der Waals surface area (Å²) in [6.45, 7) is 3.21. The van der Waals surface area contributed by atoms with Crippen LogP contribution in [0.3, 0.4) is 0 Å². The molecule has 4 N–H and O–H groups in total. The first kappa shape index (κ1) is 13.5. The first-order chi connectivity index (χ1) is 7.61. The molecule has 0 aromatic rings. The summed E-state index contributed by atoms with van der Waals surface area (Å²) in [6, 6.07) is 0. The molecule has 0 bridgehead atoms. The minimum Gasteiger partial charge on any atom is -0.465 e. The first-order valence-electron chi connectivity index (χ1n) is 6.27. The van der Waals surface area contributed by atoms with Crippen LogP contribution in [0.2, 0.25) is 0 Å². The van der Waals surface area contributed by atoms with Crippen LogP contribution in [0, 0.1) is 5.92 Å². The summed E-state index contributed by atoms with van der Waals surface area (Å²) >= 11 is 0. The van der Waals surface area contributed by atoms with Crippen LogP contribution >= 0.6 is 0 Å². The lowest BCUT2D eigenvalue weighted by Gasteiger charge is -2.22. The number of carbonyl (C=O) groups is 1. The Morgan fingerprint density at radius 3 is 2.94 bits per heavy atom. The van der Waals surface area contributed by atoms with Crippen molar-refractivity contribution in [3.63, 3.8) is 0 Å². The molecule has 0 aromatic heterocycles. The monoisotopic (exact) mass is 228 g/mol. The molecule has 1 unspecified atom stereocenters. The van der Waals surface area contributed by atoms with Crippen molar-refractivity contribution >= 4 is 5.97 Å². The zero-order valence-electron chi connectivity index (χ0n) is 10.2. The maximum atomic E-state index is 11.7. The summed E-state index contributed by atoms with van der Waals surface area (Å²) in [5.41, 5.74) is 11.4. The van der Waals surface area contributed by atoms with E-state index in [4.69, 9.17) is 16.2 Å². The SMILES string of the molecule is CCCCOC(=O)[C@@H]1CCC(N)(CCN)C1. The highest BCUT2D eigenvalue weighted by atomic mass is 16.5. The highest BCUT2D eigenvalue weighted by Gasteiger charge is 2.39. The second-order valence-electron chi connectivity index (χ2n) is 4.86. The summed E-state index contributed by atoms with van der Waals surface area (Å²) in [6.07, 6.45) is 5.25. The van der Waals surface area contributed by atoms with Crippen molar-refractivity contribution in [2.45, 2.75) is 51.0 Å². The summed E-state index contributed by atoms with van der Waals surface area (Å²) in [7, 11) is 0. The summed E-state index contributed by atoms with van der Waals surface area (Å²) in [5, 5.41) is 0. The Hall–Kier alpha value is -0.610. The molecule has 0 saturated heterocycles. The molecule has 0 spiro atoms. The van der Waals surface area contributed by atoms with Crippen molar-refractivity contribution in [3.05, 3.63) is 0 Å². The van der Waals surface area contributed by atoms with E-state index in [-0.39, 0.29) is 17.4 Å². The predicted octanol–water partition coefficient (Wildman–Crippen LogP) is 1.18. The Kier molecular flexibility index (Phi) is 5.22. The van der Waals surface area contributed by atoms with Crippen LogP contribution < -0.4 is 11.5 Å². The Morgan fingerprint density at radius 2 is 2.31 bits per heavy atom. The zero-order chi connectivity index (χ0) is 12.0. The van der Waals surface area contributed by atoms with E-state index in [1.54, 1.807) is 0 Å². The van der Waals surface area contributed by atoms with Crippen molar-refractivity contribution in [2.75, 3.05) is 13.2 Å². The first-order valence-corrected chi connectivity index (χ1v) is 6.27. The second kappa shape index (κ2) is 6.21. The molecule has 1 rings (SSSR count). The summed E-state index contributed by atoms with van der Waals surface area (Å²) in [5.74, 6) is -0.0776. The van der Waals surface area contributed by atoms with Crippen LogP contribution in [0.4, 0.5) is 0 Å². The maximum Gasteiger partial charge on any atom is 0.308 e. The van der Waals surface area contributed by atoms with Gasteiger partial charge in [0.15, 0.2) is 0 Å². The van der Waals surface area contributed by atoms with Gasteiger partial charge in [0.1, 0.15) is 0 Å². The van der Waals surface area contributed by atoms with Crippen LogP contribution in [0.1, 0.15) is 45.4 Å². The van der Waals surface area contributed by atoms with Gasteiger partial charge in [-0.1, -0.05) is 13.3 Å². The number of hydrogen-bond acceptors (Lipinski definition) is 4. The molecule has 2 atom stereocenters. The number of carbonyl (C=O) groups excluding carboxylic acids is 1. The number of hydrogen-bond donors (Lipinski definition) is 2. The smallest absolute Gasteiger partial charge is 0.308 e. The van der Waals surface area contributed by atoms with Crippen molar-refractivity contribution in [1.29, 1.82) is 0 Å². The molecule has 94 valence electrons. The average Bonchev–Trinajstić information content (AvgIpc) is 2.62. The van der Waals surface area contributed by atoms with E-state index in [9.17, 15) is 4.79 Å². The molecule has 0 aromatic carbocycles. The zero-order valence-corrected chi connectivity index (χ0v) is 10.2. The second-order valence-corrected chi connectivity index (χ2v) is 4.86. The Bertz CT molecular complexity index is 233. The fourth-order valence-corrected chi connectivity index (χ4v) is 2.31. The van der Waals surface area contributed by atoms with Crippen LogP contribution in [-0.4, -0.2) is 24.7 Å². The van der Waals surface area contributed by atoms with Gasteiger partial charge in [-0.3, -0.25) is 4.79 Å². The van der Waals surface area contributed by atoms with Crippen LogP contribution in [0.5, 0.6) is 0 Å². The van der Waals surface area contributed by atoms with Gasteiger partial charge in [-0.15, -0.1) is 0 Å². The van der Waals surface area contributed by atoms with Gasteiger partial charge < -0.3 is 16.2 Å². The van der Waals surface area contributed by atoms with Crippen molar-refractivity contribution < 1.29 is 9.53 Å². The number of nitrogens with two attached hydrogens (primary N) is 2. The third kappa shape index (κ3) is 3.76. The maximum absolute atomic E-state index is 11.7. The lowest BCUT2D eigenvalue weighted by Crippen LogP contribution is -2.39. The standard InChI is InChI=1S/C12H24N2O2/c1-2-3-8-16-11(15)10-4-5-12(14,9-10)6-7-13/h10H,2-9,13-14H2,1H3/t10-,12?/m1/s1. The van der Waals surface area contributed by atoms with E-state index in [1.165, 1.54) is 0 Å². The number of ether oxygens (including phenoxy) is 1. The van der Waals surface area contributed by atoms with Gasteiger partial charge in [-0.05, 0) is 38.6 Å². The van der Waals surface area contributed by atoms with Gasteiger partial charge in [-0.2, -0.15) is 0 Å². The summed E-state index contributed by atoms with van der Waals surface area (Å²) < 4.78 is 5.21. The van der Waals surface area contributed by atoms with E-state index in [0.29, 0.717) is 13.2 Å². The van der Waals surface area contributed by atoms with Crippen LogP contribution in [0.15, 0.2) is 0 Å². The van der Waals surface area contributed by atoms with Gasteiger partial charge >= 0.3 is 5.97 Å². The fraction of sp³-hybridized carbons (Fsp3) is 0.917. The van der Waals surface area contributed by atoms with E-state index in [2.05, 4.69) is 6.92 Å². The molecule has 1 fully saturated rings. The predicted molar refractivity (Wildman–Crippen MR) is 63.8 cm³/mol. The van der Waals surface area contributed by atoms with E-state index in [1.807, 2.05) is 0 Å². The quantitative estimate of drug-likeness (QED) is 0.528. The van der Waals surface area contributed by atoms with Gasteiger partial charge in [0.25, 0.3) is 0 Å². The number of rotatable bonds is 6. The molecule has 4 nitrogen and oxygen atoms in total.